The van der Waals surface area contributed by atoms with E-state index in [0.717, 1.165) is 42.9 Å². The van der Waals surface area contributed by atoms with Crippen LogP contribution in [0.3, 0.4) is 0 Å². The second kappa shape index (κ2) is 7.78. The summed E-state index contributed by atoms with van der Waals surface area (Å²) in [6, 6.07) is 8.18. The molecule has 0 aliphatic heterocycles. The number of guanidine groups is 1. The van der Waals surface area contributed by atoms with Gasteiger partial charge in [0.2, 0.25) is 0 Å². The van der Waals surface area contributed by atoms with Crippen LogP contribution < -0.4 is 15.4 Å². The zero-order valence-electron chi connectivity index (χ0n) is 12.5. The summed E-state index contributed by atoms with van der Waals surface area (Å²) in [5.74, 6) is 2.59. The predicted molar refractivity (Wildman–Crippen MR) is 83.2 cm³/mol. The van der Waals surface area contributed by atoms with Gasteiger partial charge < -0.3 is 15.4 Å². The number of rotatable bonds is 7. The average molecular weight is 275 g/mol. The number of nitrogens with one attached hydrogen (secondary N) is 2. The summed E-state index contributed by atoms with van der Waals surface area (Å²) < 4.78 is 5.90. The summed E-state index contributed by atoms with van der Waals surface area (Å²) in [5.41, 5.74) is 1.14. The lowest BCUT2D eigenvalue weighted by molar-refractivity contribution is 0.297. The fourth-order valence-corrected chi connectivity index (χ4v) is 1.94. The summed E-state index contributed by atoms with van der Waals surface area (Å²) in [5, 5.41) is 6.46. The predicted octanol–water partition coefficient (Wildman–Crippen LogP) is 2.55. The Labute approximate surface area is 121 Å². The summed E-state index contributed by atoms with van der Waals surface area (Å²) in [4.78, 5) is 4.59. The Balaban J connectivity index is 1.97. The maximum absolute atomic E-state index is 5.90. The molecule has 1 aliphatic rings. The molecule has 0 heterocycles. The molecule has 4 heteroatoms. The first-order valence-electron chi connectivity index (χ1n) is 7.56. The topological polar surface area (TPSA) is 45.7 Å². The van der Waals surface area contributed by atoms with Crippen LogP contribution in [0.5, 0.6) is 5.75 Å². The van der Waals surface area contributed by atoms with E-state index < -0.39 is 0 Å². The normalized spacial score (nSPS) is 13.7. The molecule has 0 radical (unpaired) electrons. The number of nitrogens with zero attached hydrogens (tertiary/aromatic N) is 1. The molecule has 0 aromatic heterocycles. The van der Waals surface area contributed by atoms with Crippen LogP contribution in [0.4, 0.5) is 0 Å². The van der Waals surface area contributed by atoms with Gasteiger partial charge in [0.05, 0.1) is 13.2 Å². The largest absolute Gasteiger partial charge is 0.493 e. The highest BCUT2D eigenvalue weighted by atomic mass is 16.5. The summed E-state index contributed by atoms with van der Waals surface area (Å²) in [6.45, 7) is 7.35. The van der Waals surface area contributed by atoms with Crippen LogP contribution in [-0.2, 0) is 6.54 Å². The van der Waals surface area contributed by atoms with Crippen molar-refractivity contribution >= 4 is 5.96 Å². The molecule has 20 heavy (non-hydrogen) atoms. The van der Waals surface area contributed by atoms with E-state index in [1.54, 1.807) is 0 Å². The Morgan fingerprint density at radius 2 is 1.90 bits per heavy atom. The van der Waals surface area contributed by atoms with Crippen molar-refractivity contribution in [3.8, 4) is 5.75 Å². The van der Waals surface area contributed by atoms with Gasteiger partial charge in [0.1, 0.15) is 5.75 Å². The van der Waals surface area contributed by atoms with Crippen LogP contribution >= 0.6 is 0 Å². The Bertz CT molecular complexity index is 433. The standard InChI is InChI=1S/C16H25N3O/c1-3-17-16(18-4-2)19-11-14-7-5-6-8-15(14)20-12-13-9-10-13/h5-8,13H,3-4,9-12H2,1-2H3,(H2,17,18,19). The number of hydrogen-bond acceptors (Lipinski definition) is 2. The van der Waals surface area contributed by atoms with Gasteiger partial charge in [-0.1, -0.05) is 18.2 Å². The summed E-state index contributed by atoms with van der Waals surface area (Å²) in [7, 11) is 0. The van der Waals surface area contributed by atoms with E-state index in [1.807, 2.05) is 18.2 Å². The molecular weight excluding hydrogens is 250 g/mol. The van der Waals surface area contributed by atoms with Gasteiger partial charge in [0.15, 0.2) is 5.96 Å². The Morgan fingerprint density at radius 1 is 1.20 bits per heavy atom. The van der Waals surface area contributed by atoms with Crippen molar-refractivity contribution in [2.45, 2.75) is 33.2 Å². The Hall–Kier alpha value is -1.71. The number of ether oxygens (including phenoxy) is 1. The van der Waals surface area contributed by atoms with Gasteiger partial charge in [-0.3, -0.25) is 0 Å². The van der Waals surface area contributed by atoms with Crippen molar-refractivity contribution < 1.29 is 4.74 Å². The molecule has 0 saturated heterocycles. The first kappa shape index (κ1) is 14.7. The highest BCUT2D eigenvalue weighted by Gasteiger charge is 2.22. The molecule has 0 spiro atoms. The molecule has 4 nitrogen and oxygen atoms in total. The third-order valence-corrected chi connectivity index (χ3v) is 3.24. The van der Waals surface area contributed by atoms with Gasteiger partial charge in [0, 0.05) is 18.7 Å². The first-order valence-corrected chi connectivity index (χ1v) is 7.56. The average Bonchev–Trinajstić information content (AvgIpc) is 3.28. The highest BCUT2D eigenvalue weighted by molar-refractivity contribution is 5.79. The fourth-order valence-electron chi connectivity index (χ4n) is 1.94. The number of aliphatic imine (C=N–C) groups is 1. The molecular formula is C16H25N3O. The minimum Gasteiger partial charge on any atom is -0.493 e. The maximum atomic E-state index is 5.90. The lowest BCUT2D eigenvalue weighted by Gasteiger charge is -2.12. The molecule has 110 valence electrons. The van der Waals surface area contributed by atoms with Gasteiger partial charge in [-0.15, -0.1) is 0 Å². The molecule has 1 aliphatic carbocycles. The molecule has 1 saturated carbocycles. The summed E-state index contributed by atoms with van der Waals surface area (Å²) in [6.07, 6.45) is 2.62. The van der Waals surface area contributed by atoms with Crippen LogP contribution in [-0.4, -0.2) is 25.7 Å². The van der Waals surface area contributed by atoms with Crippen molar-refractivity contribution in [2.75, 3.05) is 19.7 Å². The SMILES string of the molecule is CCNC(=NCc1ccccc1OCC1CC1)NCC. The van der Waals surface area contributed by atoms with E-state index in [-0.39, 0.29) is 0 Å². The monoisotopic (exact) mass is 275 g/mol. The number of para-hydroxylation sites is 1. The van der Waals surface area contributed by atoms with Gasteiger partial charge in [-0.05, 0) is 38.7 Å². The highest BCUT2D eigenvalue weighted by Crippen LogP contribution is 2.30. The van der Waals surface area contributed by atoms with E-state index in [0.29, 0.717) is 6.54 Å². The van der Waals surface area contributed by atoms with E-state index in [1.165, 1.54) is 12.8 Å². The lowest BCUT2D eigenvalue weighted by atomic mass is 10.2. The van der Waals surface area contributed by atoms with Crippen molar-refractivity contribution in [3.05, 3.63) is 29.8 Å². The Kier molecular flexibility index (Phi) is 5.71. The summed E-state index contributed by atoms with van der Waals surface area (Å²) >= 11 is 0. The third-order valence-electron chi connectivity index (χ3n) is 3.24. The fraction of sp³-hybridized carbons (Fsp3) is 0.562. The van der Waals surface area contributed by atoms with Crippen LogP contribution in [0, 0.1) is 5.92 Å². The molecule has 0 bridgehead atoms. The molecule has 1 aromatic rings. The molecule has 0 atom stereocenters. The van der Waals surface area contributed by atoms with Crippen LogP contribution in [0.25, 0.3) is 0 Å². The first-order chi connectivity index (χ1) is 9.83. The number of hydrogen-bond donors (Lipinski definition) is 2. The number of benzene rings is 1. The maximum Gasteiger partial charge on any atom is 0.191 e. The van der Waals surface area contributed by atoms with Crippen molar-refractivity contribution in [3.63, 3.8) is 0 Å². The van der Waals surface area contributed by atoms with E-state index >= 15 is 0 Å². The third kappa shape index (κ3) is 4.76. The second-order valence-electron chi connectivity index (χ2n) is 5.09. The minimum atomic E-state index is 0.635. The lowest BCUT2D eigenvalue weighted by Crippen LogP contribution is -2.36. The van der Waals surface area contributed by atoms with Crippen LogP contribution in [0.15, 0.2) is 29.3 Å². The van der Waals surface area contributed by atoms with Crippen molar-refractivity contribution in [2.24, 2.45) is 10.9 Å². The van der Waals surface area contributed by atoms with E-state index in [4.69, 9.17) is 4.74 Å². The van der Waals surface area contributed by atoms with Gasteiger partial charge >= 0.3 is 0 Å². The van der Waals surface area contributed by atoms with Crippen molar-refractivity contribution in [1.82, 2.24) is 10.6 Å². The molecule has 2 rings (SSSR count). The molecule has 0 amide bonds. The minimum absolute atomic E-state index is 0.635. The molecule has 1 aromatic carbocycles. The quantitative estimate of drug-likeness (QED) is 0.594. The van der Waals surface area contributed by atoms with Crippen molar-refractivity contribution in [1.29, 1.82) is 0 Å². The van der Waals surface area contributed by atoms with Gasteiger partial charge in [0.25, 0.3) is 0 Å². The Morgan fingerprint density at radius 3 is 2.55 bits per heavy atom. The smallest absolute Gasteiger partial charge is 0.191 e. The van der Waals surface area contributed by atoms with Gasteiger partial charge in [-0.2, -0.15) is 0 Å². The second-order valence-corrected chi connectivity index (χ2v) is 5.09. The molecule has 0 unspecified atom stereocenters. The zero-order valence-corrected chi connectivity index (χ0v) is 12.5. The van der Waals surface area contributed by atoms with Crippen LogP contribution in [0.1, 0.15) is 32.3 Å². The van der Waals surface area contributed by atoms with E-state index in [2.05, 4.69) is 35.5 Å². The zero-order chi connectivity index (χ0) is 14.2. The van der Waals surface area contributed by atoms with Gasteiger partial charge in [-0.25, -0.2) is 4.99 Å². The molecule has 1 fully saturated rings. The van der Waals surface area contributed by atoms with Crippen LogP contribution in [0.2, 0.25) is 0 Å². The van der Waals surface area contributed by atoms with E-state index in [9.17, 15) is 0 Å². The molecule has 2 N–H and O–H groups in total.